The maximum atomic E-state index is 3.65. The summed E-state index contributed by atoms with van der Waals surface area (Å²) < 4.78 is 0. The monoisotopic (exact) mass is 342 g/mol. The SMILES string of the molecule is CNC1(c2ccc3c(c2)CNCC3c2ccc3ccccc3c2)CC1C. The molecular formula is C24H26N2. The summed E-state index contributed by atoms with van der Waals surface area (Å²) in [5, 5.41) is 9.86. The fourth-order valence-electron chi connectivity index (χ4n) is 4.88. The Morgan fingerprint density at radius 1 is 1.00 bits per heavy atom. The topological polar surface area (TPSA) is 24.1 Å². The lowest BCUT2D eigenvalue weighted by atomic mass is 9.83. The predicted octanol–water partition coefficient (Wildman–Crippen LogP) is 4.53. The second kappa shape index (κ2) is 5.94. The third kappa shape index (κ3) is 2.40. The van der Waals surface area contributed by atoms with E-state index in [2.05, 4.69) is 85.3 Å². The molecule has 0 saturated heterocycles. The largest absolute Gasteiger partial charge is 0.312 e. The smallest absolute Gasteiger partial charge is 0.0462 e. The summed E-state index contributed by atoms with van der Waals surface area (Å²) in [6.45, 7) is 4.33. The molecule has 0 bridgehead atoms. The predicted molar refractivity (Wildman–Crippen MR) is 108 cm³/mol. The van der Waals surface area contributed by atoms with Gasteiger partial charge in [-0.1, -0.05) is 67.6 Å². The third-order valence-corrected chi connectivity index (χ3v) is 6.63. The van der Waals surface area contributed by atoms with E-state index in [0.29, 0.717) is 5.92 Å². The molecule has 3 atom stereocenters. The Kier molecular flexibility index (Phi) is 3.66. The Bertz CT molecular complexity index is 973. The van der Waals surface area contributed by atoms with Crippen molar-refractivity contribution in [3.63, 3.8) is 0 Å². The molecule has 2 nitrogen and oxygen atoms in total. The van der Waals surface area contributed by atoms with Crippen LogP contribution in [0.1, 0.15) is 41.5 Å². The van der Waals surface area contributed by atoms with Crippen LogP contribution in [0.3, 0.4) is 0 Å². The standard InChI is InChI=1S/C24H26N2/c1-16-13-24(16,25-2)21-9-10-22-20(12-21)14-26-15-23(22)19-8-7-17-5-3-4-6-18(17)11-19/h3-12,16,23,25-26H,13-15H2,1-2H3. The van der Waals surface area contributed by atoms with Gasteiger partial charge in [0.05, 0.1) is 0 Å². The van der Waals surface area contributed by atoms with E-state index < -0.39 is 0 Å². The molecule has 1 fully saturated rings. The average molecular weight is 342 g/mol. The minimum atomic E-state index is 0.199. The fourth-order valence-corrected chi connectivity index (χ4v) is 4.88. The highest BCUT2D eigenvalue weighted by molar-refractivity contribution is 5.83. The quantitative estimate of drug-likeness (QED) is 0.731. The van der Waals surface area contributed by atoms with Crippen LogP contribution in [0.15, 0.2) is 60.7 Å². The van der Waals surface area contributed by atoms with Crippen LogP contribution in [0.25, 0.3) is 10.8 Å². The summed E-state index contributed by atoms with van der Waals surface area (Å²) in [5.74, 6) is 1.15. The lowest BCUT2D eigenvalue weighted by Crippen LogP contribution is -2.31. The maximum Gasteiger partial charge on any atom is 0.0462 e. The molecule has 5 rings (SSSR count). The first-order valence-corrected chi connectivity index (χ1v) is 9.73. The first kappa shape index (κ1) is 16.0. The highest BCUT2D eigenvalue weighted by atomic mass is 15.0. The molecule has 2 heteroatoms. The molecular weight excluding hydrogens is 316 g/mol. The Balaban J connectivity index is 1.55. The zero-order chi connectivity index (χ0) is 17.7. The molecule has 0 aromatic heterocycles. The Labute approximate surface area is 155 Å². The normalized spacial score (nSPS) is 27.3. The van der Waals surface area contributed by atoms with Gasteiger partial charge in [0, 0.05) is 24.5 Å². The Hall–Kier alpha value is -2.16. The highest BCUT2D eigenvalue weighted by Gasteiger charge is 2.51. The first-order chi connectivity index (χ1) is 12.7. The molecule has 3 aromatic rings. The van der Waals surface area contributed by atoms with Crippen molar-refractivity contribution in [1.82, 2.24) is 10.6 Å². The van der Waals surface area contributed by atoms with Crippen LogP contribution in [0, 0.1) is 5.92 Å². The van der Waals surface area contributed by atoms with E-state index in [1.807, 2.05) is 0 Å². The minimum absolute atomic E-state index is 0.199. The molecule has 1 aliphatic carbocycles. The molecule has 1 saturated carbocycles. The van der Waals surface area contributed by atoms with E-state index in [-0.39, 0.29) is 5.54 Å². The summed E-state index contributed by atoms with van der Waals surface area (Å²) >= 11 is 0. The zero-order valence-electron chi connectivity index (χ0n) is 15.5. The number of hydrogen-bond donors (Lipinski definition) is 2. The summed E-state index contributed by atoms with van der Waals surface area (Å²) in [6, 6.07) is 22.7. The van der Waals surface area contributed by atoms with Gasteiger partial charge in [-0.25, -0.2) is 0 Å². The summed E-state index contributed by atoms with van der Waals surface area (Å²) in [5.41, 5.74) is 6.01. The van der Waals surface area contributed by atoms with Gasteiger partial charge >= 0.3 is 0 Å². The highest BCUT2D eigenvalue weighted by Crippen LogP contribution is 2.51. The zero-order valence-corrected chi connectivity index (χ0v) is 15.5. The van der Waals surface area contributed by atoms with E-state index in [1.54, 1.807) is 0 Å². The van der Waals surface area contributed by atoms with Crippen molar-refractivity contribution in [2.24, 2.45) is 5.92 Å². The van der Waals surface area contributed by atoms with Crippen LogP contribution >= 0.6 is 0 Å². The van der Waals surface area contributed by atoms with Gasteiger partial charge in [-0.05, 0) is 52.4 Å². The maximum absolute atomic E-state index is 3.65. The van der Waals surface area contributed by atoms with Gasteiger partial charge in [0.1, 0.15) is 0 Å². The molecule has 1 aliphatic heterocycles. The van der Waals surface area contributed by atoms with Gasteiger partial charge in [0.15, 0.2) is 0 Å². The van der Waals surface area contributed by atoms with Gasteiger partial charge in [0.2, 0.25) is 0 Å². The fraction of sp³-hybridized carbons (Fsp3) is 0.333. The third-order valence-electron chi connectivity index (χ3n) is 6.63. The van der Waals surface area contributed by atoms with E-state index in [1.165, 1.54) is 39.4 Å². The molecule has 0 radical (unpaired) electrons. The summed E-state index contributed by atoms with van der Waals surface area (Å²) in [6.07, 6.45) is 1.24. The number of rotatable bonds is 3. The van der Waals surface area contributed by atoms with Crippen molar-refractivity contribution < 1.29 is 0 Å². The van der Waals surface area contributed by atoms with Crippen molar-refractivity contribution in [2.45, 2.75) is 31.3 Å². The van der Waals surface area contributed by atoms with Crippen LogP contribution in [0.4, 0.5) is 0 Å². The van der Waals surface area contributed by atoms with E-state index in [4.69, 9.17) is 0 Å². The molecule has 2 N–H and O–H groups in total. The Morgan fingerprint density at radius 3 is 2.58 bits per heavy atom. The van der Waals surface area contributed by atoms with Gasteiger partial charge in [-0.3, -0.25) is 0 Å². The van der Waals surface area contributed by atoms with Gasteiger partial charge in [-0.15, -0.1) is 0 Å². The first-order valence-electron chi connectivity index (χ1n) is 9.73. The van der Waals surface area contributed by atoms with E-state index in [0.717, 1.165) is 19.0 Å². The minimum Gasteiger partial charge on any atom is -0.312 e. The van der Waals surface area contributed by atoms with Crippen molar-refractivity contribution in [3.8, 4) is 0 Å². The molecule has 132 valence electrons. The molecule has 3 unspecified atom stereocenters. The molecule has 3 aromatic carbocycles. The number of nitrogens with one attached hydrogen (secondary N) is 2. The lowest BCUT2D eigenvalue weighted by molar-refractivity contribution is 0.534. The number of fused-ring (bicyclic) bond motifs is 2. The van der Waals surface area contributed by atoms with Crippen LogP contribution in [0.2, 0.25) is 0 Å². The van der Waals surface area contributed by atoms with Crippen molar-refractivity contribution in [1.29, 1.82) is 0 Å². The summed E-state index contributed by atoms with van der Waals surface area (Å²) in [7, 11) is 2.10. The second-order valence-electron chi connectivity index (χ2n) is 8.03. The molecule has 0 spiro atoms. The van der Waals surface area contributed by atoms with Gasteiger partial charge in [0.25, 0.3) is 0 Å². The van der Waals surface area contributed by atoms with Crippen LogP contribution in [0.5, 0.6) is 0 Å². The van der Waals surface area contributed by atoms with E-state index in [9.17, 15) is 0 Å². The van der Waals surface area contributed by atoms with E-state index >= 15 is 0 Å². The average Bonchev–Trinajstić information content (AvgIpc) is 3.38. The van der Waals surface area contributed by atoms with Crippen molar-refractivity contribution in [2.75, 3.05) is 13.6 Å². The van der Waals surface area contributed by atoms with Crippen molar-refractivity contribution in [3.05, 3.63) is 82.9 Å². The second-order valence-corrected chi connectivity index (χ2v) is 8.03. The van der Waals surface area contributed by atoms with Crippen LogP contribution < -0.4 is 10.6 Å². The molecule has 0 amide bonds. The van der Waals surface area contributed by atoms with Gasteiger partial charge < -0.3 is 10.6 Å². The Morgan fingerprint density at radius 2 is 1.81 bits per heavy atom. The molecule has 1 heterocycles. The number of benzene rings is 3. The lowest BCUT2D eigenvalue weighted by Gasteiger charge is -2.29. The van der Waals surface area contributed by atoms with Crippen molar-refractivity contribution >= 4 is 10.8 Å². The number of hydrogen-bond acceptors (Lipinski definition) is 2. The molecule has 2 aliphatic rings. The van der Waals surface area contributed by atoms with Crippen LogP contribution in [-0.4, -0.2) is 13.6 Å². The van der Waals surface area contributed by atoms with Crippen LogP contribution in [-0.2, 0) is 12.1 Å². The molecule has 26 heavy (non-hydrogen) atoms. The van der Waals surface area contributed by atoms with Gasteiger partial charge in [-0.2, -0.15) is 0 Å². The summed E-state index contributed by atoms with van der Waals surface area (Å²) in [4.78, 5) is 0.